The number of fused-ring (bicyclic) bond motifs is 1. The van der Waals surface area contributed by atoms with Crippen molar-refractivity contribution >= 4 is 23.7 Å². The number of allylic oxidation sites excluding steroid dienone is 2. The number of carbonyl (C=O) groups excluding carboxylic acids is 2. The Morgan fingerprint density at radius 1 is 1.04 bits per heavy atom. The van der Waals surface area contributed by atoms with E-state index in [2.05, 4.69) is 5.10 Å². The standard InChI is InChI=1S/C17H15N3O6/c21-12-6-13(22)11(20(25)26)5-10(12)7-18-19-16(23)14-8-1-2-9(4-3-8)15(14)17(19)24/h1-2,5-9,14-15,21-22H,3-4H2/p-2/b18-7-/t8-,9-,14-,15+/m1/s1. The molecule has 3 aliphatic carbocycles. The summed E-state index contributed by atoms with van der Waals surface area (Å²) < 4.78 is 0. The number of nitro benzene ring substituents is 1. The highest BCUT2D eigenvalue weighted by molar-refractivity contribution is 6.06. The van der Waals surface area contributed by atoms with Crippen LogP contribution in [0.15, 0.2) is 29.4 Å². The molecular weight excluding hydrogens is 342 g/mol. The topological polar surface area (TPSA) is 139 Å². The van der Waals surface area contributed by atoms with Gasteiger partial charge in [0.05, 0.1) is 23.0 Å². The third-order valence-corrected chi connectivity index (χ3v) is 5.34. The molecule has 1 aliphatic heterocycles. The van der Waals surface area contributed by atoms with Gasteiger partial charge in [-0.15, -0.1) is 5.75 Å². The highest BCUT2D eigenvalue weighted by atomic mass is 16.6. The summed E-state index contributed by atoms with van der Waals surface area (Å²) in [7, 11) is 0. The van der Waals surface area contributed by atoms with Crippen molar-refractivity contribution in [2.75, 3.05) is 0 Å². The van der Waals surface area contributed by atoms with E-state index in [-0.39, 0.29) is 17.4 Å². The molecule has 0 N–H and O–H groups in total. The molecular formula is C17H13N3O6-2. The van der Waals surface area contributed by atoms with E-state index >= 15 is 0 Å². The van der Waals surface area contributed by atoms with Crippen molar-refractivity contribution in [3.05, 3.63) is 40.0 Å². The van der Waals surface area contributed by atoms with Crippen molar-refractivity contribution in [3.8, 4) is 11.5 Å². The first-order chi connectivity index (χ1) is 12.4. The molecule has 5 rings (SSSR count). The summed E-state index contributed by atoms with van der Waals surface area (Å²) in [4.78, 5) is 35.1. The molecule has 1 saturated carbocycles. The average Bonchev–Trinajstić information content (AvgIpc) is 2.88. The number of benzene rings is 1. The van der Waals surface area contributed by atoms with Crippen LogP contribution in [0.4, 0.5) is 5.69 Å². The zero-order valence-electron chi connectivity index (χ0n) is 13.4. The minimum Gasteiger partial charge on any atom is -0.872 e. The molecule has 4 aliphatic rings. The number of hydrazone groups is 1. The SMILES string of the molecule is O=C1[C@@H]2[C@H](C(=O)N1/N=C\c1cc([N+](=O)[O-])c([O-])cc1[O-])[C@@H]1C=C[C@@H]2CC1. The lowest BCUT2D eigenvalue weighted by atomic mass is 9.63. The third-order valence-electron chi connectivity index (χ3n) is 5.34. The first kappa shape index (κ1) is 16.2. The molecule has 9 nitrogen and oxygen atoms in total. The summed E-state index contributed by atoms with van der Waals surface area (Å²) in [5.74, 6) is -3.45. The predicted molar refractivity (Wildman–Crippen MR) is 83.8 cm³/mol. The molecule has 4 atom stereocenters. The van der Waals surface area contributed by atoms with Gasteiger partial charge < -0.3 is 10.2 Å². The minimum atomic E-state index is -1.00. The average molecular weight is 355 g/mol. The Hall–Kier alpha value is -3.23. The van der Waals surface area contributed by atoms with E-state index < -0.39 is 45.8 Å². The highest BCUT2D eigenvalue weighted by Gasteiger charge is 2.56. The number of rotatable bonds is 3. The fraction of sp³-hybridized carbons (Fsp3) is 0.353. The van der Waals surface area contributed by atoms with Crippen molar-refractivity contribution in [2.24, 2.45) is 28.8 Å². The van der Waals surface area contributed by atoms with Gasteiger partial charge in [-0.25, -0.2) is 0 Å². The third kappa shape index (κ3) is 2.27. The largest absolute Gasteiger partial charge is 0.872 e. The van der Waals surface area contributed by atoms with Crippen molar-refractivity contribution in [2.45, 2.75) is 12.8 Å². The number of imide groups is 1. The number of hydrogen-bond acceptors (Lipinski definition) is 7. The van der Waals surface area contributed by atoms with E-state index in [1.807, 2.05) is 12.2 Å². The Morgan fingerprint density at radius 2 is 1.62 bits per heavy atom. The molecule has 9 heteroatoms. The number of hydrogen-bond donors (Lipinski definition) is 0. The molecule has 1 saturated heterocycles. The van der Waals surface area contributed by atoms with Gasteiger partial charge in [0.2, 0.25) is 0 Å². The van der Waals surface area contributed by atoms with Gasteiger partial charge in [-0.05, 0) is 36.0 Å². The summed E-state index contributed by atoms with van der Waals surface area (Å²) >= 11 is 0. The van der Waals surface area contributed by atoms with Crippen molar-refractivity contribution < 1.29 is 24.7 Å². The summed E-state index contributed by atoms with van der Waals surface area (Å²) in [6.45, 7) is 0. The molecule has 0 radical (unpaired) electrons. The Morgan fingerprint density at radius 3 is 2.12 bits per heavy atom. The smallest absolute Gasteiger partial charge is 0.262 e. The first-order valence-electron chi connectivity index (χ1n) is 8.15. The van der Waals surface area contributed by atoms with Gasteiger partial charge in [0.1, 0.15) is 0 Å². The van der Waals surface area contributed by atoms with Crippen LogP contribution in [-0.2, 0) is 9.59 Å². The molecule has 2 fully saturated rings. The lowest BCUT2D eigenvalue weighted by molar-refractivity contribution is -0.398. The Bertz CT molecular complexity index is 861. The molecule has 0 spiro atoms. The summed E-state index contributed by atoms with van der Waals surface area (Å²) in [5, 5.41) is 38.7. The second-order valence-corrected chi connectivity index (χ2v) is 6.69. The van der Waals surface area contributed by atoms with Gasteiger partial charge in [0, 0.05) is 6.07 Å². The fourth-order valence-electron chi connectivity index (χ4n) is 4.10. The molecule has 2 amide bonds. The summed E-state index contributed by atoms with van der Waals surface area (Å²) in [6, 6.07) is 1.40. The quantitative estimate of drug-likeness (QED) is 0.251. The first-order valence-corrected chi connectivity index (χ1v) is 8.15. The molecule has 0 unspecified atom stereocenters. The number of carbonyl (C=O) groups is 2. The van der Waals surface area contributed by atoms with E-state index in [9.17, 15) is 29.9 Å². The van der Waals surface area contributed by atoms with E-state index in [4.69, 9.17) is 0 Å². The van der Waals surface area contributed by atoms with Gasteiger partial charge >= 0.3 is 0 Å². The van der Waals surface area contributed by atoms with Crippen LogP contribution in [0.25, 0.3) is 0 Å². The lowest BCUT2D eigenvalue weighted by Crippen LogP contribution is -2.38. The van der Waals surface area contributed by atoms with E-state index in [0.29, 0.717) is 6.07 Å². The molecule has 0 aromatic heterocycles. The predicted octanol–water partition coefficient (Wildman–Crippen LogP) is 0.273. The summed E-state index contributed by atoms with van der Waals surface area (Å²) in [6.07, 6.45) is 6.57. The van der Waals surface area contributed by atoms with E-state index in [1.165, 1.54) is 0 Å². The van der Waals surface area contributed by atoms with Gasteiger partial charge in [-0.2, -0.15) is 10.1 Å². The van der Waals surface area contributed by atoms with Crippen molar-refractivity contribution in [1.82, 2.24) is 5.01 Å². The number of amides is 2. The molecule has 26 heavy (non-hydrogen) atoms. The van der Waals surface area contributed by atoms with Crippen molar-refractivity contribution in [3.63, 3.8) is 0 Å². The Kier molecular flexibility index (Phi) is 3.53. The minimum absolute atomic E-state index is 0.0116. The maximum absolute atomic E-state index is 12.6. The van der Waals surface area contributed by atoms with Crippen molar-refractivity contribution in [1.29, 1.82) is 0 Å². The monoisotopic (exact) mass is 355 g/mol. The van der Waals surface area contributed by atoms with Gasteiger partial charge in [-0.1, -0.05) is 18.2 Å². The zero-order valence-corrected chi connectivity index (χ0v) is 13.4. The lowest BCUT2D eigenvalue weighted by Gasteiger charge is -2.37. The second-order valence-electron chi connectivity index (χ2n) is 6.69. The molecule has 2 bridgehead atoms. The Balaban J connectivity index is 1.64. The number of nitrogens with zero attached hydrogens (tertiary/aromatic N) is 3. The number of nitro groups is 1. The maximum Gasteiger partial charge on any atom is 0.262 e. The maximum atomic E-state index is 12.6. The fourth-order valence-corrected chi connectivity index (χ4v) is 4.10. The zero-order chi connectivity index (χ0) is 18.6. The van der Waals surface area contributed by atoms with Crippen LogP contribution >= 0.6 is 0 Å². The Labute approximate surface area is 147 Å². The highest BCUT2D eigenvalue weighted by Crippen LogP contribution is 2.49. The van der Waals surface area contributed by atoms with E-state index in [1.54, 1.807) is 0 Å². The van der Waals surface area contributed by atoms with Crippen LogP contribution in [-0.4, -0.2) is 28.0 Å². The van der Waals surface area contributed by atoms with Crippen LogP contribution in [0.2, 0.25) is 0 Å². The normalized spacial score (nSPS) is 29.6. The molecule has 1 aromatic rings. The van der Waals surface area contributed by atoms with Crippen LogP contribution in [0.1, 0.15) is 18.4 Å². The van der Waals surface area contributed by atoms with Crippen LogP contribution in [0, 0.1) is 33.8 Å². The summed E-state index contributed by atoms with van der Waals surface area (Å²) in [5.41, 5.74) is -0.992. The molecule has 1 heterocycles. The van der Waals surface area contributed by atoms with Gasteiger partial charge in [0.25, 0.3) is 17.5 Å². The van der Waals surface area contributed by atoms with E-state index in [0.717, 1.165) is 30.1 Å². The van der Waals surface area contributed by atoms with Crippen LogP contribution < -0.4 is 10.2 Å². The van der Waals surface area contributed by atoms with Crippen LogP contribution in [0.5, 0.6) is 11.5 Å². The van der Waals surface area contributed by atoms with Gasteiger partial charge in [-0.3, -0.25) is 19.7 Å². The van der Waals surface area contributed by atoms with Gasteiger partial charge in [0.15, 0.2) is 0 Å². The second kappa shape index (κ2) is 5.65. The van der Waals surface area contributed by atoms with Crippen LogP contribution in [0.3, 0.4) is 0 Å². The molecule has 134 valence electrons. The molecule has 1 aromatic carbocycles.